The highest BCUT2D eigenvalue weighted by molar-refractivity contribution is 8.20. The standard InChI is InChI=1S/C15H21OPS/c1-10(2)17(18,11(3)4)15-13-8-6-5-7-12(13)9-14(15)16/h5-8,10-11,16H,9H2,1-4H3. The molecule has 2 rings (SSSR count). The van der Waals surface area contributed by atoms with Crippen molar-refractivity contribution >= 4 is 23.2 Å². The van der Waals surface area contributed by atoms with Gasteiger partial charge in [0.1, 0.15) is 5.76 Å². The second kappa shape index (κ2) is 4.83. The maximum Gasteiger partial charge on any atom is 0.106 e. The number of aliphatic hydroxyl groups is 1. The summed E-state index contributed by atoms with van der Waals surface area (Å²) in [4.78, 5) is 0. The van der Waals surface area contributed by atoms with Crippen LogP contribution in [0.1, 0.15) is 38.8 Å². The molecule has 3 heteroatoms. The van der Waals surface area contributed by atoms with E-state index in [1.165, 1.54) is 11.1 Å². The summed E-state index contributed by atoms with van der Waals surface area (Å²) in [6.07, 6.45) is 0.656. The molecule has 0 radical (unpaired) electrons. The van der Waals surface area contributed by atoms with Crippen molar-refractivity contribution in [3.63, 3.8) is 0 Å². The Hall–Kier alpha value is -0.590. The predicted octanol–water partition coefficient (Wildman–Crippen LogP) is 4.77. The van der Waals surface area contributed by atoms with Gasteiger partial charge in [0.15, 0.2) is 0 Å². The van der Waals surface area contributed by atoms with Gasteiger partial charge in [0.2, 0.25) is 0 Å². The minimum atomic E-state index is -1.74. The van der Waals surface area contributed by atoms with Crippen molar-refractivity contribution in [3.05, 3.63) is 41.2 Å². The van der Waals surface area contributed by atoms with Crippen LogP contribution in [-0.4, -0.2) is 16.4 Å². The third-order valence-electron chi connectivity index (χ3n) is 3.79. The molecule has 0 saturated heterocycles. The first-order valence-electron chi connectivity index (χ1n) is 6.49. The van der Waals surface area contributed by atoms with E-state index < -0.39 is 6.04 Å². The fourth-order valence-electron chi connectivity index (χ4n) is 2.83. The van der Waals surface area contributed by atoms with E-state index in [0.29, 0.717) is 23.5 Å². The van der Waals surface area contributed by atoms with Crippen LogP contribution in [-0.2, 0) is 18.2 Å². The van der Waals surface area contributed by atoms with Gasteiger partial charge in [-0.15, -0.1) is 0 Å². The second-order valence-electron chi connectivity index (χ2n) is 5.53. The molecule has 18 heavy (non-hydrogen) atoms. The summed E-state index contributed by atoms with van der Waals surface area (Å²) in [5, 5.41) is 11.5. The monoisotopic (exact) mass is 280 g/mol. The Morgan fingerprint density at radius 1 is 1.11 bits per heavy atom. The number of allylic oxidation sites excluding steroid dienone is 1. The molecule has 0 amide bonds. The molecule has 0 spiro atoms. The predicted molar refractivity (Wildman–Crippen MR) is 84.3 cm³/mol. The molecule has 1 nitrogen and oxygen atoms in total. The summed E-state index contributed by atoms with van der Waals surface area (Å²) < 4.78 is 0. The van der Waals surface area contributed by atoms with Gasteiger partial charge >= 0.3 is 0 Å². The van der Waals surface area contributed by atoms with Crippen molar-refractivity contribution in [2.45, 2.75) is 45.4 Å². The second-order valence-corrected chi connectivity index (χ2v) is 11.3. The van der Waals surface area contributed by atoms with Crippen LogP contribution in [0.3, 0.4) is 0 Å². The third kappa shape index (κ3) is 1.96. The molecule has 1 N–H and O–H groups in total. The van der Waals surface area contributed by atoms with Crippen LogP contribution >= 0.6 is 6.04 Å². The highest BCUT2D eigenvalue weighted by Crippen LogP contribution is 2.68. The van der Waals surface area contributed by atoms with Crippen molar-refractivity contribution in [3.8, 4) is 0 Å². The minimum absolute atomic E-state index is 0.427. The largest absolute Gasteiger partial charge is 0.511 e. The number of aliphatic hydroxyl groups excluding tert-OH is 1. The van der Waals surface area contributed by atoms with Gasteiger partial charge < -0.3 is 5.11 Å². The van der Waals surface area contributed by atoms with Gasteiger partial charge in [0.05, 0.1) is 0 Å². The van der Waals surface area contributed by atoms with Gasteiger partial charge in [0.25, 0.3) is 0 Å². The number of rotatable bonds is 3. The van der Waals surface area contributed by atoms with E-state index in [9.17, 15) is 5.11 Å². The maximum absolute atomic E-state index is 10.4. The maximum atomic E-state index is 10.4. The lowest BCUT2D eigenvalue weighted by molar-refractivity contribution is 0.407. The Morgan fingerprint density at radius 3 is 2.22 bits per heavy atom. The zero-order valence-corrected chi connectivity index (χ0v) is 13.2. The molecule has 1 aliphatic rings. The Kier molecular flexibility index (Phi) is 3.71. The van der Waals surface area contributed by atoms with Crippen molar-refractivity contribution in [2.75, 3.05) is 0 Å². The fraction of sp³-hybridized carbons (Fsp3) is 0.467. The lowest BCUT2D eigenvalue weighted by Gasteiger charge is -2.32. The summed E-state index contributed by atoms with van der Waals surface area (Å²) in [5.74, 6) is 0.516. The number of hydrogen-bond acceptors (Lipinski definition) is 2. The molecule has 0 atom stereocenters. The SMILES string of the molecule is CC(C)P(=S)(C1=C(O)Cc2ccccc21)C(C)C. The van der Waals surface area contributed by atoms with E-state index in [4.69, 9.17) is 11.8 Å². The first-order chi connectivity index (χ1) is 8.39. The van der Waals surface area contributed by atoms with Crippen LogP contribution in [0.5, 0.6) is 0 Å². The molecule has 0 heterocycles. The van der Waals surface area contributed by atoms with Crippen LogP contribution in [0.15, 0.2) is 30.0 Å². The Balaban J connectivity index is 2.64. The molecule has 1 aromatic rings. The number of benzene rings is 1. The van der Waals surface area contributed by atoms with Crippen molar-refractivity contribution in [2.24, 2.45) is 0 Å². The quantitative estimate of drug-likeness (QED) is 0.805. The molecule has 1 aromatic carbocycles. The minimum Gasteiger partial charge on any atom is -0.511 e. The molecule has 0 unspecified atom stereocenters. The first kappa shape index (κ1) is 13.8. The van der Waals surface area contributed by atoms with Gasteiger partial charge in [-0.2, -0.15) is 0 Å². The Morgan fingerprint density at radius 2 is 1.67 bits per heavy atom. The van der Waals surface area contributed by atoms with Crippen molar-refractivity contribution in [1.29, 1.82) is 0 Å². The fourth-order valence-corrected chi connectivity index (χ4v) is 6.74. The highest BCUT2D eigenvalue weighted by Gasteiger charge is 2.36. The van der Waals surface area contributed by atoms with Gasteiger partial charge in [-0.1, -0.05) is 63.8 Å². The Labute approximate surface area is 115 Å². The average molecular weight is 280 g/mol. The van der Waals surface area contributed by atoms with Crippen LogP contribution < -0.4 is 0 Å². The van der Waals surface area contributed by atoms with E-state index in [2.05, 4.69) is 39.8 Å². The lowest BCUT2D eigenvalue weighted by atomic mass is 10.1. The molecule has 0 aromatic heterocycles. The molecule has 0 aliphatic heterocycles. The van der Waals surface area contributed by atoms with E-state index in [1.54, 1.807) is 0 Å². The topological polar surface area (TPSA) is 20.2 Å². The van der Waals surface area contributed by atoms with Crippen LogP contribution in [0.4, 0.5) is 0 Å². The van der Waals surface area contributed by atoms with Crippen molar-refractivity contribution in [1.82, 2.24) is 0 Å². The number of hydrogen-bond donors (Lipinski definition) is 1. The zero-order valence-electron chi connectivity index (χ0n) is 11.5. The smallest absolute Gasteiger partial charge is 0.106 e. The molecule has 1 aliphatic carbocycles. The molecule has 98 valence electrons. The summed E-state index contributed by atoms with van der Waals surface area (Å²) in [5.41, 5.74) is 3.27. The van der Waals surface area contributed by atoms with Crippen LogP contribution in [0.2, 0.25) is 0 Å². The molecule has 0 bridgehead atoms. The van der Waals surface area contributed by atoms with Crippen LogP contribution in [0.25, 0.3) is 5.31 Å². The molecule has 0 saturated carbocycles. The summed E-state index contributed by atoms with van der Waals surface area (Å²) in [6, 6.07) is 6.54. The summed E-state index contributed by atoms with van der Waals surface area (Å²) in [6.45, 7) is 8.79. The van der Waals surface area contributed by atoms with Crippen LogP contribution in [0, 0.1) is 0 Å². The summed E-state index contributed by atoms with van der Waals surface area (Å²) in [7, 11) is 0. The highest BCUT2D eigenvalue weighted by atomic mass is 32.4. The van der Waals surface area contributed by atoms with Crippen molar-refractivity contribution < 1.29 is 5.11 Å². The molecular weight excluding hydrogens is 259 g/mol. The third-order valence-corrected chi connectivity index (χ3v) is 11.1. The van der Waals surface area contributed by atoms with Gasteiger partial charge in [0, 0.05) is 11.7 Å². The average Bonchev–Trinajstić information content (AvgIpc) is 2.63. The zero-order chi connectivity index (χ0) is 13.5. The van der Waals surface area contributed by atoms with Gasteiger partial charge in [-0.3, -0.25) is 0 Å². The normalized spacial score (nSPS) is 15.7. The van der Waals surface area contributed by atoms with E-state index in [-0.39, 0.29) is 0 Å². The lowest BCUT2D eigenvalue weighted by Crippen LogP contribution is -2.10. The van der Waals surface area contributed by atoms with E-state index in [1.807, 2.05) is 12.1 Å². The summed E-state index contributed by atoms with van der Waals surface area (Å²) >= 11 is 6.06. The van der Waals surface area contributed by atoms with E-state index >= 15 is 0 Å². The van der Waals surface area contributed by atoms with E-state index in [0.717, 1.165) is 5.31 Å². The Bertz CT molecular complexity index is 531. The first-order valence-corrected chi connectivity index (χ1v) is 9.43. The van der Waals surface area contributed by atoms with Gasteiger partial charge in [-0.25, -0.2) is 0 Å². The van der Waals surface area contributed by atoms with Gasteiger partial charge in [-0.05, 0) is 28.5 Å². The molecular formula is C15H21OPS. The number of fused-ring (bicyclic) bond motifs is 1. The molecule has 0 fully saturated rings.